The van der Waals surface area contributed by atoms with Crippen LogP contribution in [0, 0.1) is 16.7 Å². The molecule has 5 heteroatoms. The number of carbonyl (C=O) groups is 1. The van der Waals surface area contributed by atoms with Crippen LogP contribution >= 0.6 is 0 Å². The maximum absolute atomic E-state index is 11.9. The largest absolute Gasteiger partial charge is 0.349 e. The number of aromatic nitrogens is 3. The van der Waals surface area contributed by atoms with Gasteiger partial charge in [0, 0.05) is 13.0 Å². The zero-order valence-corrected chi connectivity index (χ0v) is 11.8. The first kappa shape index (κ1) is 13.1. The highest BCUT2D eigenvalue weighted by Crippen LogP contribution is 2.67. The standard InChI is InChI=1S/C13H22N4O/c1-6-9-15-10(17-16-9)11(18)14-7-8-12(2,3)13(8,4)5/h8H,6-7H2,1-5H3,(H,14,18)(H,15,16,17). The average molecular weight is 250 g/mol. The van der Waals surface area contributed by atoms with E-state index in [0.29, 0.717) is 12.5 Å². The van der Waals surface area contributed by atoms with Crippen molar-refractivity contribution in [1.82, 2.24) is 20.5 Å². The molecule has 5 nitrogen and oxygen atoms in total. The van der Waals surface area contributed by atoms with Crippen molar-refractivity contribution in [3.8, 4) is 0 Å². The van der Waals surface area contributed by atoms with Crippen LogP contribution in [-0.2, 0) is 6.42 Å². The predicted octanol–water partition coefficient (Wildman–Crippen LogP) is 1.78. The van der Waals surface area contributed by atoms with Gasteiger partial charge in [-0.25, -0.2) is 4.98 Å². The van der Waals surface area contributed by atoms with Crippen molar-refractivity contribution >= 4 is 5.91 Å². The molecule has 0 atom stereocenters. The summed E-state index contributed by atoms with van der Waals surface area (Å²) in [6.07, 6.45) is 0.753. The lowest BCUT2D eigenvalue weighted by molar-refractivity contribution is 0.0940. The highest BCUT2D eigenvalue weighted by Gasteiger charge is 2.64. The van der Waals surface area contributed by atoms with Gasteiger partial charge < -0.3 is 5.32 Å². The van der Waals surface area contributed by atoms with Crippen LogP contribution in [0.4, 0.5) is 0 Å². The number of hydrogen-bond acceptors (Lipinski definition) is 3. The molecular weight excluding hydrogens is 228 g/mol. The van der Waals surface area contributed by atoms with Crippen LogP contribution in [0.15, 0.2) is 0 Å². The van der Waals surface area contributed by atoms with E-state index in [2.05, 4.69) is 48.2 Å². The van der Waals surface area contributed by atoms with E-state index < -0.39 is 0 Å². The monoisotopic (exact) mass is 250 g/mol. The van der Waals surface area contributed by atoms with Crippen LogP contribution in [0.25, 0.3) is 0 Å². The molecule has 0 aromatic carbocycles. The topological polar surface area (TPSA) is 70.7 Å². The molecule has 0 radical (unpaired) electrons. The van der Waals surface area contributed by atoms with Gasteiger partial charge in [-0.05, 0) is 16.7 Å². The van der Waals surface area contributed by atoms with Crippen LogP contribution in [-0.4, -0.2) is 27.6 Å². The van der Waals surface area contributed by atoms with Crippen molar-refractivity contribution in [3.63, 3.8) is 0 Å². The smallest absolute Gasteiger partial charge is 0.290 e. The highest BCUT2D eigenvalue weighted by atomic mass is 16.2. The first-order valence-electron chi connectivity index (χ1n) is 6.50. The van der Waals surface area contributed by atoms with E-state index in [-0.39, 0.29) is 22.6 Å². The van der Waals surface area contributed by atoms with E-state index in [9.17, 15) is 4.79 Å². The third-order valence-corrected chi connectivity index (χ3v) is 4.86. The van der Waals surface area contributed by atoms with Crippen LogP contribution in [0.3, 0.4) is 0 Å². The van der Waals surface area contributed by atoms with Gasteiger partial charge in [0.25, 0.3) is 5.91 Å². The first-order valence-corrected chi connectivity index (χ1v) is 6.50. The minimum Gasteiger partial charge on any atom is -0.349 e. The van der Waals surface area contributed by atoms with Crippen LogP contribution in [0.2, 0.25) is 0 Å². The number of carbonyl (C=O) groups excluding carboxylic acids is 1. The van der Waals surface area contributed by atoms with Crippen molar-refractivity contribution in [2.45, 2.75) is 41.0 Å². The number of amides is 1. The van der Waals surface area contributed by atoms with Crippen molar-refractivity contribution in [3.05, 3.63) is 11.6 Å². The van der Waals surface area contributed by atoms with Gasteiger partial charge in [-0.1, -0.05) is 34.6 Å². The molecule has 1 aliphatic carbocycles. The predicted molar refractivity (Wildman–Crippen MR) is 69.1 cm³/mol. The molecule has 2 rings (SSSR count). The summed E-state index contributed by atoms with van der Waals surface area (Å²) in [5.74, 6) is 1.30. The van der Waals surface area contributed by atoms with Crippen molar-refractivity contribution in [2.75, 3.05) is 6.54 Å². The molecule has 1 amide bonds. The molecule has 1 aliphatic rings. The second-order valence-electron chi connectivity index (χ2n) is 6.17. The second-order valence-corrected chi connectivity index (χ2v) is 6.17. The van der Waals surface area contributed by atoms with Gasteiger partial charge in [0.05, 0.1) is 0 Å². The Kier molecular flexibility index (Phi) is 2.95. The number of nitrogens with zero attached hydrogens (tertiary/aromatic N) is 2. The number of aryl methyl sites for hydroxylation is 1. The summed E-state index contributed by atoms with van der Waals surface area (Å²) < 4.78 is 0. The van der Waals surface area contributed by atoms with Gasteiger partial charge in [-0.3, -0.25) is 9.89 Å². The Hall–Kier alpha value is -1.39. The van der Waals surface area contributed by atoms with E-state index >= 15 is 0 Å². The first-order chi connectivity index (χ1) is 8.30. The molecule has 1 heterocycles. The van der Waals surface area contributed by atoms with Gasteiger partial charge in [-0.15, -0.1) is 5.10 Å². The summed E-state index contributed by atoms with van der Waals surface area (Å²) in [5.41, 5.74) is 0.571. The van der Waals surface area contributed by atoms with Crippen molar-refractivity contribution < 1.29 is 4.79 Å². The molecule has 0 spiro atoms. The van der Waals surface area contributed by atoms with Crippen LogP contribution in [0.5, 0.6) is 0 Å². The minimum atomic E-state index is -0.190. The van der Waals surface area contributed by atoms with Crippen molar-refractivity contribution in [1.29, 1.82) is 0 Å². The van der Waals surface area contributed by atoms with Gasteiger partial charge in [-0.2, -0.15) is 0 Å². The molecule has 1 saturated carbocycles. The van der Waals surface area contributed by atoms with E-state index in [0.717, 1.165) is 12.2 Å². The molecule has 18 heavy (non-hydrogen) atoms. The lowest BCUT2D eigenvalue weighted by Gasteiger charge is -2.04. The molecule has 100 valence electrons. The molecule has 2 N–H and O–H groups in total. The number of aromatic amines is 1. The molecule has 1 aromatic rings. The summed E-state index contributed by atoms with van der Waals surface area (Å²) in [6.45, 7) is 11.6. The highest BCUT2D eigenvalue weighted by molar-refractivity contribution is 5.90. The molecule has 0 saturated heterocycles. The third kappa shape index (κ3) is 1.91. The number of rotatable bonds is 4. The lowest BCUT2D eigenvalue weighted by atomic mass is 10.0. The quantitative estimate of drug-likeness (QED) is 0.855. The molecular formula is C13H22N4O. The number of nitrogens with one attached hydrogen (secondary N) is 2. The SMILES string of the molecule is CCc1nc(C(=O)NCC2C(C)(C)C2(C)C)n[nH]1. The number of hydrogen-bond donors (Lipinski definition) is 2. The Labute approximate surface area is 108 Å². The Morgan fingerprint density at radius 3 is 2.39 bits per heavy atom. The maximum Gasteiger partial charge on any atom is 0.290 e. The van der Waals surface area contributed by atoms with Gasteiger partial charge in [0.2, 0.25) is 5.82 Å². The van der Waals surface area contributed by atoms with E-state index in [1.54, 1.807) is 0 Å². The Morgan fingerprint density at radius 2 is 1.94 bits per heavy atom. The van der Waals surface area contributed by atoms with Crippen LogP contribution in [0.1, 0.15) is 51.1 Å². The van der Waals surface area contributed by atoms with Gasteiger partial charge >= 0.3 is 0 Å². The number of H-pyrrole nitrogens is 1. The molecule has 0 aliphatic heterocycles. The fourth-order valence-corrected chi connectivity index (χ4v) is 2.67. The normalized spacial score (nSPS) is 20.7. The maximum atomic E-state index is 11.9. The van der Waals surface area contributed by atoms with E-state index in [1.165, 1.54) is 0 Å². The minimum absolute atomic E-state index is 0.190. The fraction of sp³-hybridized carbons (Fsp3) is 0.769. The van der Waals surface area contributed by atoms with Crippen molar-refractivity contribution in [2.24, 2.45) is 16.7 Å². The fourth-order valence-electron chi connectivity index (χ4n) is 2.67. The summed E-state index contributed by atoms with van der Waals surface area (Å²) in [5, 5.41) is 9.59. The molecule has 1 fully saturated rings. The van der Waals surface area contributed by atoms with E-state index in [4.69, 9.17) is 0 Å². The Balaban J connectivity index is 1.90. The zero-order valence-electron chi connectivity index (χ0n) is 11.8. The second kappa shape index (κ2) is 4.07. The Bertz CT molecular complexity index is 447. The Morgan fingerprint density at radius 1 is 1.33 bits per heavy atom. The summed E-state index contributed by atoms with van der Waals surface area (Å²) in [7, 11) is 0. The third-order valence-electron chi connectivity index (χ3n) is 4.86. The summed E-state index contributed by atoms with van der Waals surface area (Å²) in [6, 6.07) is 0. The molecule has 0 bridgehead atoms. The lowest BCUT2D eigenvalue weighted by Crippen LogP contribution is -2.28. The molecule has 0 unspecified atom stereocenters. The van der Waals surface area contributed by atoms with Gasteiger partial charge in [0.15, 0.2) is 0 Å². The summed E-state index contributed by atoms with van der Waals surface area (Å²) >= 11 is 0. The van der Waals surface area contributed by atoms with Gasteiger partial charge in [0.1, 0.15) is 5.82 Å². The average Bonchev–Trinajstić information content (AvgIpc) is 2.71. The summed E-state index contributed by atoms with van der Waals surface area (Å²) in [4.78, 5) is 16.0. The van der Waals surface area contributed by atoms with E-state index in [1.807, 2.05) is 6.92 Å². The molecule has 1 aromatic heterocycles. The zero-order chi connectivity index (χ0) is 13.6. The van der Waals surface area contributed by atoms with Crippen LogP contribution < -0.4 is 5.32 Å².